The number of nitrogens with zero attached hydrogens (tertiary/aromatic N) is 1. The van der Waals surface area contributed by atoms with Crippen LogP contribution in [0.25, 0.3) is 0 Å². The lowest BCUT2D eigenvalue weighted by atomic mass is 10.1. The lowest BCUT2D eigenvalue weighted by Gasteiger charge is -2.33. The Morgan fingerprint density at radius 1 is 1.33 bits per heavy atom. The fraction of sp³-hybridized carbons (Fsp3) is 0.562. The summed E-state index contributed by atoms with van der Waals surface area (Å²) in [4.78, 5) is 14.6. The Morgan fingerprint density at radius 2 is 2.10 bits per heavy atom. The van der Waals surface area contributed by atoms with E-state index in [1.54, 1.807) is 0 Å². The minimum Gasteiger partial charge on any atom is -0.374 e. The highest BCUT2D eigenvalue weighted by atomic mass is 16.5. The first-order valence-electron chi connectivity index (χ1n) is 7.69. The zero-order valence-corrected chi connectivity index (χ0v) is 12.3. The van der Waals surface area contributed by atoms with Crippen molar-refractivity contribution in [3.63, 3.8) is 0 Å². The van der Waals surface area contributed by atoms with Gasteiger partial charge in [-0.2, -0.15) is 0 Å². The zero-order chi connectivity index (χ0) is 14.7. The molecular formula is C16H23N3O2. The quantitative estimate of drug-likeness (QED) is 0.839. The predicted molar refractivity (Wildman–Crippen MR) is 81.0 cm³/mol. The van der Waals surface area contributed by atoms with Gasteiger partial charge < -0.3 is 15.8 Å². The van der Waals surface area contributed by atoms with Crippen LogP contribution in [-0.2, 0) is 11.3 Å². The highest BCUT2D eigenvalue weighted by Gasteiger charge is 2.32. The van der Waals surface area contributed by atoms with Crippen molar-refractivity contribution in [2.24, 2.45) is 5.73 Å². The van der Waals surface area contributed by atoms with Crippen LogP contribution in [0.2, 0.25) is 0 Å². The molecule has 1 amide bonds. The average Bonchev–Trinajstić information content (AvgIpc) is 3.38. The maximum Gasteiger partial charge on any atom is 0.251 e. The predicted octanol–water partition coefficient (Wildman–Crippen LogP) is 0.738. The summed E-state index contributed by atoms with van der Waals surface area (Å²) in [5.74, 6) is -0.0503. The highest BCUT2D eigenvalue weighted by molar-refractivity contribution is 5.94. The van der Waals surface area contributed by atoms with Gasteiger partial charge in [-0.3, -0.25) is 9.69 Å². The topological polar surface area (TPSA) is 67.6 Å². The van der Waals surface area contributed by atoms with E-state index in [-0.39, 0.29) is 12.0 Å². The number of benzene rings is 1. The maximum absolute atomic E-state index is 12.1. The summed E-state index contributed by atoms with van der Waals surface area (Å²) in [6.45, 7) is 3.78. The normalized spacial score (nSPS) is 23.0. The van der Waals surface area contributed by atoms with Crippen LogP contribution in [0, 0.1) is 0 Å². The Balaban J connectivity index is 1.48. The molecule has 1 saturated carbocycles. The first-order chi connectivity index (χ1) is 10.3. The summed E-state index contributed by atoms with van der Waals surface area (Å²) < 4.78 is 5.74. The molecule has 1 saturated heterocycles. The molecule has 21 heavy (non-hydrogen) atoms. The van der Waals surface area contributed by atoms with Gasteiger partial charge in [-0.05, 0) is 30.5 Å². The van der Waals surface area contributed by atoms with E-state index in [0.29, 0.717) is 18.7 Å². The van der Waals surface area contributed by atoms with Gasteiger partial charge in [-0.1, -0.05) is 12.1 Å². The van der Waals surface area contributed by atoms with Crippen molar-refractivity contribution >= 4 is 5.91 Å². The molecule has 3 N–H and O–H groups in total. The van der Waals surface area contributed by atoms with Crippen molar-refractivity contribution in [2.45, 2.75) is 31.5 Å². The summed E-state index contributed by atoms with van der Waals surface area (Å²) in [6.07, 6.45) is 2.73. The van der Waals surface area contributed by atoms with Gasteiger partial charge in [-0.25, -0.2) is 0 Å². The second-order valence-electron chi connectivity index (χ2n) is 5.83. The van der Waals surface area contributed by atoms with Crippen molar-refractivity contribution in [3.8, 4) is 0 Å². The molecule has 1 heterocycles. The van der Waals surface area contributed by atoms with Gasteiger partial charge >= 0.3 is 0 Å². The van der Waals surface area contributed by atoms with Crippen LogP contribution < -0.4 is 11.1 Å². The van der Waals surface area contributed by atoms with E-state index < -0.39 is 0 Å². The van der Waals surface area contributed by atoms with Crippen molar-refractivity contribution in [1.29, 1.82) is 0 Å². The molecule has 1 aliphatic carbocycles. The van der Waals surface area contributed by atoms with Gasteiger partial charge in [0, 0.05) is 37.8 Å². The van der Waals surface area contributed by atoms with Gasteiger partial charge in [0.1, 0.15) is 0 Å². The molecule has 5 nitrogen and oxygen atoms in total. The molecule has 0 aromatic heterocycles. The van der Waals surface area contributed by atoms with Crippen LogP contribution in [0.5, 0.6) is 0 Å². The number of rotatable bonds is 5. The molecule has 3 rings (SSSR count). The molecule has 1 aliphatic heterocycles. The smallest absolute Gasteiger partial charge is 0.251 e. The van der Waals surface area contributed by atoms with Crippen LogP contribution in [-0.4, -0.2) is 49.2 Å². The Kier molecular flexibility index (Phi) is 4.53. The zero-order valence-electron chi connectivity index (χ0n) is 12.3. The number of carbonyl (C=O) groups excluding carboxylic acids is 1. The van der Waals surface area contributed by atoms with Gasteiger partial charge in [0.25, 0.3) is 5.91 Å². The van der Waals surface area contributed by atoms with E-state index in [1.165, 1.54) is 12.8 Å². The third-order valence-electron chi connectivity index (χ3n) is 4.18. The minimum atomic E-state index is -0.0503. The number of ether oxygens (including phenoxy) is 1. The van der Waals surface area contributed by atoms with E-state index in [4.69, 9.17) is 10.5 Å². The van der Waals surface area contributed by atoms with Gasteiger partial charge in [-0.15, -0.1) is 0 Å². The Labute approximate surface area is 125 Å². The van der Waals surface area contributed by atoms with E-state index in [0.717, 1.165) is 31.3 Å². The first kappa shape index (κ1) is 14.5. The third kappa shape index (κ3) is 3.81. The minimum absolute atomic E-state index is 0.0503. The number of nitrogens with one attached hydrogen (secondary N) is 1. The summed E-state index contributed by atoms with van der Waals surface area (Å²) >= 11 is 0. The first-order valence-corrected chi connectivity index (χ1v) is 7.69. The Bertz CT molecular complexity index is 485. The molecule has 1 aromatic rings. The standard InChI is InChI=1S/C16H23N3O2/c17-9-12-1-3-13(4-2-12)16(20)18-10-15-11-19(7-8-21-15)14-5-6-14/h1-4,14-15H,5-11,17H2,(H,18,20). The van der Waals surface area contributed by atoms with E-state index in [1.807, 2.05) is 24.3 Å². The molecule has 0 radical (unpaired) electrons. The second-order valence-corrected chi connectivity index (χ2v) is 5.83. The molecule has 2 fully saturated rings. The summed E-state index contributed by atoms with van der Waals surface area (Å²) in [5.41, 5.74) is 7.25. The van der Waals surface area contributed by atoms with Crippen molar-refractivity contribution in [2.75, 3.05) is 26.2 Å². The number of carbonyl (C=O) groups is 1. The Hall–Kier alpha value is -1.43. The molecule has 5 heteroatoms. The SMILES string of the molecule is NCc1ccc(C(=O)NCC2CN(C3CC3)CCO2)cc1. The average molecular weight is 289 g/mol. The fourth-order valence-corrected chi connectivity index (χ4v) is 2.74. The molecule has 1 atom stereocenters. The van der Waals surface area contributed by atoms with Gasteiger partial charge in [0.05, 0.1) is 12.7 Å². The van der Waals surface area contributed by atoms with Crippen molar-refractivity contribution < 1.29 is 9.53 Å². The van der Waals surface area contributed by atoms with E-state index in [2.05, 4.69) is 10.2 Å². The summed E-state index contributed by atoms with van der Waals surface area (Å²) in [7, 11) is 0. The molecule has 0 spiro atoms. The number of nitrogens with two attached hydrogens (primary N) is 1. The van der Waals surface area contributed by atoms with Crippen LogP contribution in [0.1, 0.15) is 28.8 Å². The number of amides is 1. The largest absolute Gasteiger partial charge is 0.374 e. The van der Waals surface area contributed by atoms with Crippen LogP contribution in [0.4, 0.5) is 0 Å². The van der Waals surface area contributed by atoms with Crippen LogP contribution in [0.3, 0.4) is 0 Å². The second kappa shape index (κ2) is 6.56. The molecular weight excluding hydrogens is 266 g/mol. The lowest BCUT2D eigenvalue weighted by molar-refractivity contribution is -0.0293. The molecule has 2 aliphatic rings. The molecule has 0 bridgehead atoms. The van der Waals surface area contributed by atoms with Crippen LogP contribution in [0.15, 0.2) is 24.3 Å². The van der Waals surface area contributed by atoms with Crippen molar-refractivity contribution in [3.05, 3.63) is 35.4 Å². The third-order valence-corrected chi connectivity index (χ3v) is 4.18. The molecule has 1 aromatic carbocycles. The monoisotopic (exact) mass is 289 g/mol. The number of morpholine rings is 1. The number of hydrogen-bond acceptors (Lipinski definition) is 4. The van der Waals surface area contributed by atoms with Crippen LogP contribution >= 0.6 is 0 Å². The van der Waals surface area contributed by atoms with Gasteiger partial charge in [0.2, 0.25) is 0 Å². The maximum atomic E-state index is 12.1. The highest BCUT2D eigenvalue weighted by Crippen LogP contribution is 2.28. The van der Waals surface area contributed by atoms with E-state index >= 15 is 0 Å². The summed E-state index contributed by atoms with van der Waals surface area (Å²) in [6, 6.07) is 8.17. The van der Waals surface area contributed by atoms with Gasteiger partial charge in [0.15, 0.2) is 0 Å². The van der Waals surface area contributed by atoms with Crippen molar-refractivity contribution in [1.82, 2.24) is 10.2 Å². The molecule has 1 unspecified atom stereocenters. The van der Waals surface area contributed by atoms with E-state index in [9.17, 15) is 4.79 Å². The fourth-order valence-electron chi connectivity index (χ4n) is 2.74. The lowest BCUT2D eigenvalue weighted by Crippen LogP contribution is -2.48. The number of hydrogen-bond donors (Lipinski definition) is 2. The summed E-state index contributed by atoms with van der Waals surface area (Å²) in [5, 5.41) is 2.96. The Morgan fingerprint density at radius 3 is 2.76 bits per heavy atom. The molecule has 114 valence electrons.